The van der Waals surface area contributed by atoms with Crippen LogP contribution in [0.15, 0.2) is 0 Å². The fourth-order valence-electron chi connectivity index (χ4n) is 0.428. The van der Waals surface area contributed by atoms with Crippen LogP contribution < -0.4 is 11.1 Å². The van der Waals surface area contributed by atoms with Crippen molar-refractivity contribution >= 4 is 22.5 Å². The summed E-state index contributed by atoms with van der Waals surface area (Å²) in [6.07, 6.45) is 0. The summed E-state index contributed by atoms with van der Waals surface area (Å²) in [6, 6.07) is 0. The summed E-state index contributed by atoms with van der Waals surface area (Å²) in [5.74, 6) is -0.257. The van der Waals surface area contributed by atoms with Crippen molar-refractivity contribution in [3.63, 3.8) is 0 Å². The fraction of sp³-hybridized carbons (Fsp3) is 1.00. The predicted molar refractivity (Wildman–Crippen MR) is 45.6 cm³/mol. The van der Waals surface area contributed by atoms with E-state index in [1.165, 1.54) is 0 Å². The molecule has 0 radical (unpaired) electrons. The van der Waals surface area contributed by atoms with Gasteiger partial charge < -0.3 is 11.1 Å². The molecule has 0 bridgehead atoms. The third-order valence-corrected chi connectivity index (χ3v) is 1.58. The molecule has 0 saturated carbocycles. The Morgan fingerprint density at radius 3 is 2.27 bits per heavy atom. The molecule has 0 rings (SSSR count). The lowest BCUT2D eigenvalue weighted by Gasteiger charge is -1.98. The van der Waals surface area contributed by atoms with Crippen molar-refractivity contribution in [3.8, 4) is 0 Å². The van der Waals surface area contributed by atoms with Crippen molar-refractivity contribution in [2.75, 3.05) is 25.4 Å². The third-order valence-electron chi connectivity index (χ3n) is 0.858. The van der Waals surface area contributed by atoms with Gasteiger partial charge >= 0.3 is 0 Å². The number of hydrogen-bond donors (Lipinski definition) is 3. The zero-order valence-corrected chi connectivity index (χ0v) is 7.62. The molecule has 0 spiro atoms. The highest BCUT2D eigenvalue weighted by molar-refractivity contribution is 7.85. The Labute approximate surface area is 72.5 Å². The summed E-state index contributed by atoms with van der Waals surface area (Å²) in [4.78, 5) is 0. The van der Waals surface area contributed by atoms with Gasteiger partial charge in [0.15, 0.2) is 0 Å². The largest absolute Gasteiger partial charge is 0.329 e. The standard InChI is InChI=1S/C4H12N2O3S.ClH/c5-1-2-6-3-4-10(7,8)9;/h6H,1-5H2,(H,7,8,9);1H. The van der Waals surface area contributed by atoms with Crippen LogP contribution in [0, 0.1) is 0 Å². The summed E-state index contributed by atoms with van der Waals surface area (Å²) in [5.41, 5.74) is 5.10. The molecular formula is C4H13ClN2O3S. The molecule has 0 amide bonds. The number of halogens is 1. The maximum Gasteiger partial charge on any atom is 0.266 e. The van der Waals surface area contributed by atoms with E-state index in [4.69, 9.17) is 10.3 Å². The zero-order chi connectivity index (χ0) is 8.04. The van der Waals surface area contributed by atoms with E-state index in [-0.39, 0.29) is 24.7 Å². The highest BCUT2D eigenvalue weighted by atomic mass is 35.5. The van der Waals surface area contributed by atoms with E-state index in [0.29, 0.717) is 13.1 Å². The van der Waals surface area contributed by atoms with Crippen LogP contribution in [0.25, 0.3) is 0 Å². The second-order valence-corrected chi connectivity index (χ2v) is 3.40. The van der Waals surface area contributed by atoms with Crippen molar-refractivity contribution < 1.29 is 13.0 Å². The Balaban J connectivity index is 0. The Morgan fingerprint density at radius 2 is 1.91 bits per heavy atom. The average Bonchev–Trinajstić information content (AvgIpc) is 1.78. The molecule has 0 aromatic carbocycles. The van der Waals surface area contributed by atoms with Crippen LogP contribution in [0.1, 0.15) is 0 Å². The summed E-state index contributed by atoms with van der Waals surface area (Å²) < 4.78 is 28.4. The van der Waals surface area contributed by atoms with Gasteiger partial charge in [-0.05, 0) is 0 Å². The number of rotatable bonds is 5. The van der Waals surface area contributed by atoms with Crippen molar-refractivity contribution in [3.05, 3.63) is 0 Å². The molecule has 7 heteroatoms. The molecule has 0 fully saturated rings. The summed E-state index contributed by atoms with van der Waals surface area (Å²) in [7, 11) is -3.81. The van der Waals surface area contributed by atoms with Crippen molar-refractivity contribution in [1.29, 1.82) is 0 Å². The molecule has 0 aliphatic rings. The van der Waals surface area contributed by atoms with Crippen molar-refractivity contribution in [1.82, 2.24) is 5.32 Å². The maximum atomic E-state index is 10.1. The second-order valence-electron chi connectivity index (χ2n) is 1.82. The molecular weight excluding hydrogens is 192 g/mol. The van der Waals surface area contributed by atoms with Gasteiger partial charge in [-0.15, -0.1) is 12.4 Å². The topological polar surface area (TPSA) is 92.4 Å². The second kappa shape index (κ2) is 6.81. The minimum atomic E-state index is -3.81. The van der Waals surface area contributed by atoms with Gasteiger partial charge in [0.1, 0.15) is 0 Å². The quantitative estimate of drug-likeness (QED) is 0.388. The van der Waals surface area contributed by atoms with Crippen molar-refractivity contribution in [2.24, 2.45) is 5.73 Å². The molecule has 0 aliphatic carbocycles. The zero-order valence-electron chi connectivity index (χ0n) is 5.99. The Hall–Kier alpha value is 0.120. The molecule has 0 aliphatic heterocycles. The highest BCUT2D eigenvalue weighted by Crippen LogP contribution is 1.77. The number of nitrogens with two attached hydrogens (primary N) is 1. The first-order valence-corrected chi connectivity index (χ1v) is 4.53. The van der Waals surface area contributed by atoms with E-state index >= 15 is 0 Å². The molecule has 70 valence electrons. The van der Waals surface area contributed by atoms with Gasteiger partial charge in [0.25, 0.3) is 10.1 Å². The lowest BCUT2D eigenvalue weighted by molar-refractivity contribution is 0.480. The van der Waals surface area contributed by atoms with E-state index in [1.54, 1.807) is 0 Å². The lowest BCUT2D eigenvalue weighted by atomic mass is 10.6. The normalized spacial score (nSPS) is 10.7. The maximum absolute atomic E-state index is 10.1. The van der Waals surface area contributed by atoms with E-state index in [0.717, 1.165) is 0 Å². The Morgan fingerprint density at radius 1 is 1.36 bits per heavy atom. The Bertz CT molecular complexity index is 170. The lowest BCUT2D eigenvalue weighted by Crippen LogP contribution is -2.27. The number of nitrogens with one attached hydrogen (secondary N) is 1. The van der Waals surface area contributed by atoms with Crippen LogP contribution in [0.5, 0.6) is 0 Å². The van der Waals surface area contributed by atoms with Gasteiger partial charge in [0, 0.05) is 19.6 Å². The molecule has 11 heavy (non-hydrogen) atoms. The van der Waals surface area contributed by atoms with Crippen LogP contribution in [0.3, 0.4) is 0 Å². The molecule has 5 nitrogen and oxygen atoms in total. The molecule has 0 aromatic heterocycles. The van der Waals surface area contributed by atoms with E-state index in [1.807, 2.05) is 0 Å². The van der Waals surface area contributed by atoms with E-state index in [2.05, 4.69) is 5.32 Å². The van der Waals surface area contributed by atoms with Crippen LogP contribution >= 0.6 is 12.4 Å². The molecule has 0 unspecified atom stereocenters. The smallest absolute Gasteiger partial charge is 0.266 e. The highest BCUT2D eigenvalue weighted by Gasteiger charge is 2.01. The van der Waals surface area contributed by atoms with Gasteiger partial charge in [-0.25, -0.2) is 0 Å². The predicted octanol–water partition coefficient (Wildman–Crippen LogP) is -1.16. The van der Waals surface area contributed by atoms with Crippen molar-refractivity contribution in [2.45, 2.75) is 0 Å². The van der Waals surface area contributed by atoms with E-state index in [9.17, 15) is 8.42 Å². The van der Waals surface area contributed by atoms with E-state index < -0.39 is 10.1 Å². The first kappa shape index (κ1) is 13.7. The summed E-state index contributed by atoms with van der Waals surface area (Å²) >= 11 is 0. The van der Waals surface area contributed by atoms with Crippen LogP contribution in [-0.4, -0.2) is 38.4 Å². The van der Waals surface area contributed by atoms with Crippen LogP contribution in [-0.2, 0) is 10.1 Å². The molecule has 0 aromatic rings. The first-order chi connectivity index (χ1) is 4.56. The summed E-state index contributed by atoms with van der Waals surface area (Å²) in [5, 5.41) is 2.73. The number of hydrogen-bond acceptors (Lipinski definition) is 4. The van der Waals surface area contributed by atoms with Gasteiger partial charge in [-0.3, -0.25) is 4.55 Å². The minimum absolute atomic E-state index is 0. The Kier molecular flexibility index (Phi) is 8.47. The third kappa shape index (κ3) is 13.2. The minimum Gasteiger partial charge on any atom is -0.329 e. The van der Waals surface area contributed by atoms with Gasteiger partial charge in [0.2, 0.25) is 0 Å². The first-order valence-electron chi connectivity index (χ1n) is 2.92. The van der Waals surface area contributed by atoms with Gasteiger partial charge in [-0.2, -0.15) is 8.42 Å². The summed E-state index contributed by atoms with van der Waals surface area (Å²) in [6.45, 7) is 1.27. The molecule has 0 heterocycles. The van der Waals surface area contributed by atoms with Crippen LogP contribution in [0.4, 0.5) is 0 Å². The molecule has 4 N–H and O–H groups in total. The monoisotopic (exact) mass is 204 g/mol. The average molecular weight is 205 g/mol. The van der Waals surface area contributed by atoms with Gasteiger partial charge in [-0.1, -0.05) is 0 Å². The van der Waals surface area contributed by atoms with Crippen LogP contribution in [0.2, 0.25) is 0 Å². The molecule has 0 saturated heterocycles. The SMILES string of the molecule is Cl.NCCNCCS(=O)(=O)O. The molecule has 0 atom stereocenters. The fourth-order valence-corrected chi connectivity index (χ4v) is 0.830. The van der Waals surface area contributed by atoms with Gasteiger partial charge in [0.05, 0.1) is 5.75 Å².